The summed E-state index contributed by atoms with van der Waals surface area (Å²) < 4.78 is 0. The number of rotatable bonds is 4. The van der Waals surface area contributed by atoms with Crippen LogP contribution in [0.25, 0.3) is 0 Å². The maximum Gasteiger partial charge on any atom is 0.265 e. The van der Waals surface area contributed by atoms with Gasteiger partial charge >= 0.3 is 0 Å². The summed E-state index contributed by atoms with van der Waals surface area (Å²) in [6, 6.07) is 0. The molecule has 6 heteroatoms. The number of thiocarbonyl (C=S) groups is 1. The van der Waals surface area contributed by atoms with E-state index < -0.39 is 0 Å². The van der Waals surface area contributed by atoms with Crippen LogP contribution in [-0.4, -0.2) is 45.2 Å². The highest BCUT2D eigenvalue weighted by Gasteiger charge is 2.37. The van der Waals surface area contributed by atoms with E-state index in [4.69, 9.17) is 23.8 Å². The highest BCUT2D eigenvalue weighted by atomic mass is 35.5. The predicted molar refractivity (Wildman–Crippen MR) is 96.2 cm³/mol. The van der Waals surface area contributed by atoms with Gasteiger partial charge in [-0.25, -0.2) is 0 Å². The minimum Gasteiger partial charge on any atom is -0.285 e. The van der Waals surface area contributed by atoms with Crippen LogP contribution in [0.15, 0.2) is 23.8 Å². The monoisotopic (exact) mass is 354 g/mol. The Morgan fingerprint density at radius 1 is 1.09 bits per heavy atom. The first-order valence-corrected chi connectivity index (χ1v) is 9.04. The van der Waals surface area contributed by atoms with E-state index >= 15 is 0 Å². The smallest absolute Gasteiger partial charge is 0.265 e. The van der Waals surface area contributed by atoms with Gasteiger partial charge in [-0.3, -0.25) is 19.4 Å². The molecule has 0 N–H and O–H groups in total. The summed E-state index contributed by atoms with van der Waals surface area (Å²) in [7, 11) is 0. The summed E-state index contributed by atoms with van der Waals surface area (Å²) in [6.07, 6.45) is 9.70. The van der Waals surface area contributed by atoms with E-state index in [1.54, 1.807) is 6.08 Å². The van der Waals surface area contributed by atoms with Gasteiger partial charge in [0.25, 0.3) is 11.8 Å². The number of carbonyl (C=O) groups is 2. The van der Waals surface area contributed by atoms with Gasteiger partial charge in [-0.2, -0.15) is 0 Å². The quantitative estimate of drug-likeness (QED) is 0.337. The fourth-order valence-corrected chi connectivity index (χ4v) is 3.66. The third-order valence-corrected chi connectivity index (χ3v) is 5.27. The van der Waals surface area contributed by atoms with Crippen LogP contribution in [0.3, 0.4) is 0 Å². The zero-order chi connectivity index (χ0) is 17.0. The standard InChI is InChI=1S/C17H23ClN2O2S/c1-3-19-15(21)14(16(22)20(4-2)17(19)23)7-5-6-12-8-10-13(18)11-9-12/h5-7,12-13H,3-4,8-11H2,1-2H3/b6-5+. The third-order valence-electron chi connectivity index (χ3n) is 4.39. The van der Waals surface area contributed by atoms with Crippen molar-refractivity contribution in [3.8, 4) is 0 Å². The summed E-state index contributed by atoms with van der Waals surface area (Å²) in [5.41, 5.74) is 0.185. The summed E-state index contributed by atoms with van der Waals surface area (Å²) in [4.78, 5) is 27.8. The second-order valence-electron chi connectivity index (χ2n) is 5.86. The molecule has 1 heterocycles. The first-order chi connectivity index (χ1) is 11.0. The van der Waals surface area contributed by atoms with Crippen molar-refractivity contribution in [2.24, 2.45) is 5.92 Å². The maximum absolute atomic E-state index is 12.4. The topological polar surface area (TPSA) is 40.6 Å². The van der Waals surface area contributed by atoms with Crippen LogP contribution in [-0.2, 0) is 9.59 Å². The summed E-state index contributed by atoms with van der Waals surface area (Å²) >= 11 is 11.3. The fraction of sp³-hybridized carbons (Fsp3) is 0.588. The molecule has 1 aliphatic heterocycles. The second-order valence-corrected chi connectivity index (χ2v) is 6.84. The Labute approximate surface area is 148 Å². The van der Waals surface area contributed by atoms with Crippen molar-refractivity contribution in [2.45, 2.75) is 44.9 Å². The SMILES string of the molecule is CCN1C(=O)C(=C/C=C/C2CCC(Cl)CC2)C(=O)N(CC)C1=S. The van der Waals surface area contributed by atoms with Crippen molar-refractivity contribution in [3.05, 3.63) is 23.8 Å². The molecule has 2 fully saturated rings. The Morgan fingerprint density at radius 3 is 2.09 bits per heavy atom. The van der Waals surface area contributed by atoms with Gasteiger partial charge in [0, 0.05) is 18.5 Å². The molecule has 0 spiro atoms. The molecule has 0 atom stereocenters. The molecule has 126 valence electrons. The van der Waals surface area contributed by atoms with E-state index in [-0.39, 0.29) is 22.8 Å². The van der Waals surface area contributed by atoms with Crippen molar-refractivity contribution in [1.82, 2.24) is 9.80 Å². The predicted octanol–water partition coefficient (Wildman–Crippen LogP) is 3.26. The molecule has 2 rings (SSSR count). The average Bonchev–Trinajstić information content (AvgIpc) is 2.53. The van der Waals surface area contributed by atoms with Gasteiger partial charge in [-0.15, -0.1) is 11.6 Å². The lowest BCUT2D eigenvalue weighted by Crippen LogP contribution is -2.55. The molecule has 2 amide bonds. The molecular formula is C17H23ClN2O2S. The number of halogens is 1. The number of likely N-dealkylation sites (N-methyl/N-ethyl adjacent to an activating group) is 2. The normalized spacial score (nSPS) is 26.4. The Balaban J connectivity index is 2.13. The molecule has 0 aromatic heterocycles. The van der Waals surface area contributed by atoms with E-state index in [1.807, 2.05) is 19.9 Å². The number of allylic oxidation sites excluding steroid dienone is 3. The number of hydrogen-bond acceptors (Lipinski definition) is 3. The van der Waals surface area contributed by atoms with Gasteiger partial charge in [0.1, 0.15) is 5.57 Å². The molecule has 23 heavy (non-hydrogen) atoms. The molecule has 1 saturated carbocycles. The first-order valence-electron chi connectivity index (χ1n) is 8.19. The number of nitrogens with zero attached hydrogens (tertiary/aromatic N) is 2. The van der Waals surface area contributed by atoms with Crippen LogP contribution < -0.4 is 0 Å². The minimum absolute atomic E-state index is 0.185. The molecule has 0 bridgehead atoms. The highest BCUT2D eigenvalue weighted by molar-refractivity contribution is 7.80. The maximum atomic E-state index is 12.4. The van der Waals surface area contributed by atoms with E-state index in [9.17, 15) is 9.59 Å². The number of hydrogen-bond donors (Lipinski definition) is 0. The van der Waals surface area contributed by atoms with Gasteiger partial charge in [-0.1, -0.05) is 12.2 Å². The van der Waals surface area contributed by atoms with Crippen LogP contribution >= 0.6 is 23.8 Å². The van der Waals surface area contributed by atoms with Crippen LogP contribution in [0.2, 0.25) is 0 Å². The van der Waals surface area contributed by atoms with Crippen molar-refractivity contribution < 1.29 is 9.59 Å². The van der Waals surface area contributed by atoms with Crippen molar-refractivity contribution in [2.75, 3.05) is 13.1 Å². The lowest BCUT2D eigenvalue weighted by Gasteiger charge is -2.35. The number of amides is 2. The van der Waals surface area contributed by atoms with E-state index in [0.29, 0.717) is 24.1 Å². The molecule has 0 aromatic rings. The van der Waals surface area contributed by atoms with Crippen LogP contribution in [0.5, 0.6) is 0 Å². The van der Waals surface area contributed by atoms with Gasteiger partial charge in [0.2, 0.25) is 0 Å². The van der Waals surface area contributed by atoms with Crippen LogP contribution in [0, 0.1) is 5.92 Å². The second kappa shape index (κ2) is 8.06. The Morgan fingerprint density at radius 2 is 1.61 bits per heavy atom. The lowest BCUT2D eigenvalue weighted by molar-refractivity contribution is -0.133. The van der Waals surface area contributed by atoms with E-state index in [0.717, 1.165) is 25.7 Å². The largest absolute Gasteiger partial charge is 0.285 e. The molecule has 0 radical (unpaired) electrons. The Hall–Kier alpha value is -1.20. The average molecular weight is 355 g/mol. The van der Waals surface area contributed by atoms with Gasteiger partial charge in [-0.05, 0) is 63.7 Å². The Bertz CT molecular complexity index is 523. The molecule has 0 unspecified atom stereocenters. The van der Waals surface area contributed by atoms with Gasteiger partial charge in [0.05, 0.1) is 0 Å². The number of carbonyl (C=O) groups excluding carboxylic acids is 2. The number of alkyl halides is 1. The van der Waals surface area contributed by atoms with Crippen molar-refractivity contribution in [3.63, 3.8) is 0 Å². The molecule has 4 nitrogen and oxygen atoms in total. The van der Waals surface area contributed by atoms with Gasteiger partial charge in [0.15, 0.2) is 5.11 Å². The zero-order valence-corrected chi connectivity index (χ0v) is 15.2. The molecular weight excluding hydrogens is 332 g/mol. The molecule has 1 saturated heterocycles. The highest BCUT2D eigenvalue weighted by Crippen LogP contribution is 2.28. The summed E-state index contributed by atoms with van der Waals surface area (Å²) in [5.74, 6) is -0.135. The van der Waals surface area contributed by atoms with E-state index in [2.05, 4.69) is 6.08 Å². The van der Waals surface area contributed by atoms with Crippen molar-refractivity contribution >= 4 is 40.7 Å². The molecule has 0 aromatic carbocycles. The summed E-state index contributed by atoms with van der Waals surface area (Å²) in [5, 5.41) is 0.586. The molecule has 2 aliphatic rings. The summed E-state index contributed by atoms with van der Waals surface area (Å²) in [6.45, 7) is 4.63. The molecule has 1 aliphatic carbocycles. The van der Waals surface area contributed by atoms with Crippen LogP contribution in [0.4, 0.5) is 0 Å². The minimum atomic E-state index is -0.304. The Kier molecular flexibility index (Phi) is 6.36. The fourth-order valence-electron chi connectivity index (χ4n) is 2.98. The lowest BCUT2D eigenvalue weighted by atomic mass is 9.88. The van der Waals surface area contributed by atoms with E-state index in [1.165, 1.54) is 9.80 Å². The van der Waals surface area contributed by atoms with Crippen molar-refractivity contribution in [1.29, 1.82) is 0 Å². The van der Waals surface area contributed by atoms with Crippen LogP contribution in [0.1, 0.15) is 39.5 Å². The first kappa shape index (κ1) is 18.1. The zero-order valence-electron chi connectivity index (χ0n) is 13.6. The van der Waals surface area contributed by atoms with Gasteiger partial charge < -0.3 is 0 Å². The third kappa shape index (κ3) is 4.01.